The van der Waals surface area contributed by atoms with E-state index >= 15 is 0 Å². The lowest BCUT2D eigenvalue weighted by Gasteiger charge is -2.22. The fraction of sp³-hybridized carbons (Fsp3) is 0.160. The number of nitrogens with zero attached hydrogens (tertiary/aromatic N) is 2. The Labute approximate surface area is 198 Å². The summed E-state index contributed by atoms with van der Waals surface area (Å²) in [5.41, 5.74) is 1.89. The standard InChI is InChI=1S/C25H19ClN2O4S/c1-4-11-31-17-8-5-15(6-9-17)21-20-22(29)18-12-16(26)7-10-19(18)32-23(20)24(30)28(21)25-27-13(2)14(3)33-25/h4-10,12,21H,1,11H2,2-3H3/t21-/m1/s1. The Morgan fingerprint density at radius 3 is 2.64 bits per heavy atom. The van der Waals surface area contributed by atoms with Crippen molar-refractivity contribution in [1.29, 1.82) is 0 Å². The molecule has 1 aliphatic heterocycles. The summed E-state index contributed by atoms with van der Waals surface area (Å²) in [6.45, 7) is 7.87. The summed E-state index contributed by atoms with van der Waals surface area (Å²) in [6.07, 6.45) is 1.66. The fourth-order valence-electron chi connectivity index (χ4n) is 3.92. The van der Waals surface area contributed by atoms with Gasteiger partial charge >= 0.3 is 0 Å². The van der Waals surface area contributed by atoms with Gasteiger partial charge in [-0.05, 0) is 49.7 Å². The molecule has 4 aromatic rings. The van der Waals surface area contributed by atoms with Crippen LogP contribution in [0.1, 0.15) is 38.3 Å². The van der Waals surface area contributed by atoms with Crippen LogP contribution >= 0.6 is 22.9 Å². The largest absolute Gasteiger partial charge is 0.490 e. The highest BCUT2D eigenvalue weighted by molar-refractivity contribution is 7.15. The number of rotatable bonds is 5. The minimum atomic E-state index is -0.689. The molecular weight excluding hydrogens is 460 g/mol. The van der Waals surface area contributed by atoms with E-state index in [9.17, 15) is 9.59 Å². The number of aromatic nitrogens is 1. The lowest BCUT2D eigenvalue weighted by Crippen LogP contribution is -2.29. The third-order valence-electron chi connectivity index (χ3n) is 5.62. The summed E-state index contributed by atoms with van der Waals surface area (Å²) in [4.78, 5) is 34.3. The third kappa shape index (κ3) is 3.53. The smallest absolute Gasteiger partial charge is 0.297 e. The van der Waals surface area contributed by atoms with Crippen molar-refractivity contribution in [1.82, 2.24) is 4.98 Å². The van der Waals surface area contributed by atoms with E-state index in [4.69, 9.17) is 20.8 Å². The number of carbonyl (C=O) groups excluding carboxylic acids is 1. The maximum Gasteiger partial charge on any atom is 0.297 e. The Hall–Kier alpha value is -3.42. The minimum absolute atomic E-state index is 0.0253. The van der Waals surface area contributed by atoms with Gasteiger partial charge in [0.1, 0.15) is 17.9 Å². The van der Waals surface area contributed by atoms with E-state index < -0.39 is 11.9 Å². The molecule has 1 atom stereocenters. The van der Waals surface area contributed by atoms with Gasteiger partial charge in [-0.15, -0.1) is 11.3 Å². The fourth-order valence-corrected chi connectivity index (χ4v) is 5.03. The van der Waals surface area contributed by atoms with Crippen molar-refractivity contribution in [3.05, 3.63) is 97.8 Å². The molecule has 0 bridgehead atoms. The summed E-state index contributed by atoms with van der Waals surface area (Å²) in [6, 6.07) is 11.4. The molecule has 0 saturated heterocycles. The van der Waals surface area contributed by atoms with Gasteiger partial charge in [0.15, 0.2) is 10.6 Å². The van der Waals surface area contributed by atoms with Crippen LogP contribution in [0.3, 0.4) is 0 Å². The lowest BCUT2D eigenvalue weighted by atomic mass is 9.98. The van der Waals surface area contributed by atoms with Crippen molar-refractivity contribution < 1.29 is 13.9 Å². The summed E-state index contributed by atoms with van der Waals surface area (Å²) in [7, 11) is 0. The first-order chi connectivity index (χ1) is 15.9. The van der Waals surface area contributed by atoms with E-state index in [1.54, 1.807) is 41.3 Å². The highest BCUT2D eigenvalue weighted by Gasteiger charge is 2.45. The van der Waals surface area contributed by atoms with Crippen LogP contribution in [0, 0.1) is 13.8 Å². The number of hydrogen-bond donors (Lipinski definition) is 0. The third-order valence-corrected chi connectivity index (χ3v) is 6.93. The van der Waals surface area contributed by atoms with Gasteiger partial charge in [-0.3, -0.25) is 14.5 Å². The van der Waals surface area contributed by atoms with Crippen LogP contribution in [-0.2, 0) is 0 Å². The van der Waals surface area contributed by atoms with Crippen LogP contribution in [0.25, 0.3) is 11.0 Å². The molecule has 0 saturated carbocycles. The molecule has 8 heteroatoms. The number of thiazole rings is 1. The van der Waals surface area contributed by atoms with Gasteiger partial charge in [0.2, 0.25) is 5.76 Å². The Kier molecular flexibility index (Phi) is 5.31. The molecule has 166 valence electrons. The van der Waals surface area contributed by atoms with Gasteiger partial charge < -0.3 is 9.15 Å². The first kappa shape index (κ1) is 21.4. The van der Waals surface area contributed by atoms with Gasteiger partial charge in [0.25, 0.3) is 5.91 Å². The van der Waals surface area contributed by atoms with Crippen molar-refractivity contribution in [2.45, 2.75) is 19.9 Å². The predicted octanol–water partition coefficient (Wildman–Crippen LogP) is 5.83. The minimum Gasteiger partial charge on any atom is -0.490 e. The molecule has 0 fully saturated rings. The zero-order chi connectivity index (χ0) is 23.3. The van der Waals surface area contributed by atoms with E-state index in [0.29, 0.717) is 33.5 Å². The molecule has 0 radical (unpaired) electrons. The van der Waals surface area contributed by atoms with E-state index in [1.807, 2.05) is 26.0 Å². The molecule has 2 aromatic heterocycles. The van der Waals surface area contributed by atoms with Crippen LogP contribution < -0.4 is 15.1 Å². The van der Waals surface area contributed by atoms with Gasteiger partial charge in [0.05, 0.1) is 22.7 Å². The van der Waals surface area contributed by atoms with Crippen LogP contribution in [0.2, 0.25) is 5.02 Å². The van der Waals surface area contributed by atoms with Crippen LogP contribution in [0.4, 0.5) is 5.13 Å². The Morgan fingerprint density at radius 2 is 1.97 bits per heavy atom. The average molecular weight is 479 g/mol. The van der Waals surface area contributed by atoms with Gasteiger partial charge in [-0.25, -0.2) is 4.98 Å². The average Bonchev–Trinajstić information content (AvgIpc) is 3.29. The summed E-state index contributed by atoms with van der Waals surface area (Å²) >= 11 is 7.54. The Balaban J connectivity index is 1.73. The molecule has 1 amide bonds. The Morgan fingerprint density at radius 1 is 1.21 bits per heavy atom. The predicted molar refractivity (Wildman–Crippen MR) is 130 cm³/mol. The number of anilines is 1. The first-order valence-electron chi connectivity index (χ1n) is 10.3. The molecule has 33 heavy (non-hydrogen) atoms. The molecule has 3 heterocycles. The van der Waals surface area contributed by atoms with E-state index in [0.717, 1.165) is 16.1 Å². The molecule has 0 unspecified atom stereocenters. The first-order valence-corrected chi connectivity index (χ1v) is 11.5. The number of halogens is 1. The van der Waals surface area contributed by atoms with Crippen LogP contribution in [-0.4, -0.2) is 17.5 Å². The quantitative estimate of drug-likeness (QED) is 0.337. The number of carbonyl (C=O) groups is 1. The van der Waals surface area contributed by atoms with E-state index in [1.165, 1.54) is 11.3 Å². The number of ether oxygens (including phenoxy) is 1. The maximum absolute atomic E-state index is 13.6. The number of benzene rings is 2. The van der Waals surface area contributed by atoms with Crippen molar-refractivity contribution in [3.63, 3.8) is 0 Å². The molecule has 0 aliphatic carbocycles. The Bertz CT molecular complexity index is 1450. The second-order valence-corrected chi connectivity index (χ2v) is 9.32. The van der Waals surface area contributed by atoms with Crippen LogP contribution in [0.15, 0.2) is 64.3 Å². The second kappa shape index (κ2) is 8.17. The lowest BCUT2D eigenvalue weighted by molar-refractivity contribution is 0.0971. The molecule has 0 N–H and O–H groups in total. The zero-order valence-electron chi connectivity index (χ0n) is 17.9. The highest BCUT2D eigenvalue weighted by Crippen LogP contribution is 2.43. The summed E-state index contributed by atoms with van der Waals surface area (Å²) in [5, 5.41) is 1.26. The normalized spacial score (nSPS) is 15.2. The second-order valence-electron chi connectivity index (χ2n) is 7.70. The van der Waals surface area contributed by atoms with E-state index in [-0.39, 0.29) is 16.8 Å². The molecule has 6 nitrogen and oxygen atoms in total. The van der Waals surface area contributed by atoms with Crippen molar-refractivity contribution >= 4 is 44.9 Å². The van der Waals surface area contributed by atoms with Gasteiger partial charge in [0, 0.05) is 9.90 Å². The number of fused-ring (bicyclic) bond motifs is 2. The molecule has 1 aliphatic rings. The molecular formula is C25H19ClN2O4S. The maximum atomic E-state index is 13.6. The number of aryl methyl sites for hydroxylation is 2. The molecule has 2 aromatic carbocycles. The van der Waals surface area contributed by atoms with Crippen LogP contribution in [0.5, 0.6) is 5.75 Å². The number of hydrogen-bond acceptors (Lipinski definition) is 6. The van der Waals surface area contributed by atoms with Crippen molar-refractivity contribution in [2.24, 2.45) is 0 Å². The summed E-state index contributed by atoms with van der Waals surface area (Å²) in [5.74, 6) is 0.287. The number of amides is 1. The van der Waals surface area contributed by atoms with Gasteiger partial charge in [-0.1, -0.05) is 36.4 Å². The monoisotopic (exact) mass is 478 g/mol. The molecule has 0 spiro atoms. The molecule has 5 rings (SSSR count). The van der Waals surface area contributed by atoms with Gasteiger partial charge in [-0.2, -0.15) is 0 Å². The summed E-state index contributed by atoms with van der Waals surface area (Å²) < 4.78 is 11.5. The zero-order valence-corrected chi connectivity index (χ0v) is 19.5. The van der Waals surface area contributed by atoms with E-state index in [2.05, 4.69) is 11.6 Å². The van der Waals surface area contributed by atoms with Crippen molar-refractivity contribution in [3.8, 4) is 5.75 Å². The van der Waals surface area contributed by atoms with Crippen molar-refractivity contribution in [2.75, 3.05) is 11.5 Å². The highest BCUT2D eigenvalue weighted by atomic mass is 35.5. The topological polar surface area (TPSA) is 72.6 Å². The SMILES string of the molecule is C=CCOc1ccc([C@@H]2c3c(oc4ccc(Cl)cc4c3=O)C(=O)N2c2nc(C)c(C)s2)cc1.